The van der Waals surface area contributed by atoms with Crippen LogP contribution in [0.5, 0.6) is 0 Å². The highest BCUT2D eigenvalue weighted by Crippen LogP contribution is 2.32. The van der Waals surface area contributed by atoms with Gasteiger partial charge >= 0.3 is 0 Å². The summed E-state index contributed by atoms with van der Waals surface area (Å²) in [5.41, 5.74) is 0.392. The monoisotopic (exact) mass is 322 g/mol. The molecule has 0 aliphatic carbocycles. The molecule has 0 bridgehead atoms. The molecule has 0 saturated heterocycles. The lowest BCUT2D eigenvalue weighted by Crippen LogP contribution is -2.03. The standard InChI is InChI=1S/C9H5BrClFN2OS/c10-5-2-1-4(8(12)7(5)11)9(15)6-3-16-14-13-6/h1-3,9,15H. The van der Waals surface area contributed by atoms with Crippen LogP contribution in [0.25, 0.3) is 0 Å². The lowest BCUT2D eigenvalue weighted by molar-refractivity contribution is 0.210. The third-order valence-corrected chi connectivity index (χ3v) is 3.80. The fraction of sp³-hybridized carbons (Fsp3) is 0.111. The molecule has 1 aromatic carbocycles. The Labute approximate surface area is 108 Å². The lowest BCUT2D eigenvalue weighted by atomic mass is 10.1. The molecule has 0 spiro atoms. The zero-order valence-electron chi connectivity index (χ0n) is 7.69. The molecule has 2 aromatic rings. The van der Waals surface area contributed by atoms with Crippen LogP contribution in [-0.4, -0.2) is 14.7 Å². The van der Waals surface area contributed by atoms with Gasteiger partial charge in [-0.3, -0.25) is 0 Å². The number of rotatable bonds is 2. The van der Waals surface area contributed by atoms with Gasteiger partial charge in [0.25, 0.3) is 0 Å². The first-order valence-electron chi connectivity index (χ1n) is 4.19. The predicted octanol–water partition coefficient (Wildman–Crippen LogP) is 3.17. The van der Waals surface area contributed by atoms with Crippen LogP contribution in [-0.2, 0) is 0 Å². The Hall–Kier alpha value is -0.560. The molecule has 0 radical (unpaired) electrons. The van der Waals surface area contributed by atoms with Crippen molar-refractivity contribution in [3.8, 4) is 0 Å². The second kappa shape index (κ2) is 4.75. The molecule has 84 valence electrons. The van der Waals surface area contributed by atoms with E-state index >= 15 is 0 Å². The quantitative estimate of drug-likeness (QED) is 0.864. The Morgan fingerprint density at radius 3 is 2.88 bits per heavy atom. The van der Waals surface area contributed by atoms with Gasteiger partial charge in [0.2, 0.25) is 0 Å². The minimum absolute atomic E-state index is 0.0558. The first-order valence-corrected chi connectivity index (χ1v) is 6.20. The van der Waals surface area contributed by atoms with Crippen molar-refractivity contribution in [3.63, 3.8) is 0 Å². The Morgan fingerprint density at radius 1 is 1.50 bits per heavy atom. The summed E-state index contributed by atoms with van der Waals surface area (Å²) < 4.78 is 17.8. The summed E-state index contributed by atoms with van der Waals surface area (Å²) in [5.74, 6) is -0.656. The molecule has 0 fully saturated rings. The van der Waals surface area contributed by atoms with Crippen molar-refractivity contribution >= 4 is 39.1 Å². The van der Waals surface area contributed by atoms with E-state index in [0.717, 1.165) is 11.5 Å². The minimum Gasteiger partial charge on any atom is -0.382 e. The van der Waals surface area contributed by atoms with Gasteiger partial charge in [0.05, 0.1) is 5.02 Å². The van der Waals surface area contributed by atoms with Crippen LogP contribution >= 0.6 is 39.1 Å². The maximum atomic E-state index is 13.7. The van der Waals surface area contributed by atoms with Gasteiger partial charge in [0, 0.05) is 15.4 Å². The lowest BCUT2D eigenvalue weighted by Gasteiger charge is -2.10. The maximum absolute atomic E-state index is 13.7. The molecule has 0 saturated carbocycles. The van der Waals surface area contributed by atoms with Crippen LogP contribution in [0.2, 0.25) is 5.02 Å². The number of nitrogens with zero attached hydrogens (tertiary/aromatic N) is 2. The van der Waals surface area contributed by atoms with Crippen LogP contribution in [0.15, 0.2) is 22.0 Å². The molecule has 0 aliphatic rings. The van der Waals surface area contributed by atoms with Gasteiger partial charge in [-0.05, 0) is 33.5 Å². The largest absolute Gasteiger partial charge is 0.382 e. The summed E-state index contributed by atoms with van der Waals surface area (Å²) in [6.07, 6.45) is -1.15. The van der Waals surface area contributed by atoms with E-state index < -0.39 is 11.9 Å². The zero-order valence-corrected chi connectivity index (χ0v) is 10.9. The number of benzene rings is 1. The molecule has 1 N–H and O–H groups in total. The second-order valence-corrected chi connectivity index (χ2v) is 4.84. The van der Waals surface area contributed by atoms with Crippen molar-refractivity contribution in [2.45, 2.75) is 6.10 Å². The zero-order chi connectivity index (χ0) is 11.7. The second-order valence-electron chi connectivity index (χ2n) is 3.00. The number of aromatic nitrogens is 2. The molecule has 2 rings (SSSR count). The molecular formula is C9H5BrClFN2OS. The summed E-state index contributed by atoms with van der Waals surface area (Å²) in [6.45, 7) is 0. The molecule has 1 aromatic heterocycles. The summed E-state index contributed by atoms with van der Waals surface area (Å²) in [6, 6.07) is 3.03. The normalized spacial score (nSPS) is 12.8. The van der Waals surface area contributed by atoms with E-state index in [9.17, 15) is 9.50 Å². The smallest absolute Gasteiger partial charge is 0.149 e. The SMILES string of the molecule is OC(c1csnn1)c1ccc(Br)c(Cl)c1F. The Balaban J connectivity index is 2.45. The summed E-state index contributed by atoms with van der Waals surface area (Å²) in [7, 11) is 0. The Morgan fingerprint density at radius 2 is 2.25 bits per heavy atom. The number of aliphatic hydroxyl groups is 1. The molecule has 1 atom stereocenters. The van der Waals surface area contributed by atoms with Gasteiger partial charge < -0.3 is 5.11 Å². The van der Waals surface area contributed by atoms with Crippen molar-refractivity contribution < 1.29 is 9.50 Å². The summed E-state index contributed by atoms with van der Waals surface area (Å²) in [4.78, 5) is 0. The minimum atomic E-state index is -1.15. The predicted molar refractivity (Wildman–Crippen MR) is 63.1 cm³/mol. The van der Waals surface area contributed by atoms with E-state index in [1.807, 2.05) is 0 Å². The first-order chi connectivity index (χ1) is 7.61. The van der Waals surface area contributed by atoms with Gasteiger partial charge in [-0.1, -0.05) is 22.2 Å². The number of hydrogen-bond acceptors (Lipinski definition) is 4. The van der Waals surface area contributed by atoms with Crippen LogP contribution in [0.1, 0.15) is 17.4 Å². The molecule has 0 amide bonds. The van der Waals surface area contributed by atoms with E-state index in [2.05, 4.69) is 25.5 Å². The van der Waals surface area contributed by atoms with Crippen LogP contribution in [0.4, 0.5) is 4.39 Å². The van der Waals surface area contributed by atoms with Crippen LogP contribution in [0.3, 0.4) is 0 Å². The summed E-state index contributed by atoms with van der Waals surface area (Å²) >= 11 is 9.91. The van der Waals surface area contributed by atoms with Crippen molar-refractivity contribution in [2.24, 2.45) is 0 Å². The van der Waals surface area contributed by atoms with E-state index in [4.69, 9.17) is 11.6 Å². The Kier molecular flexibility index (Phi) is 3.53. The topological polar surface area (TPSA) is 46.0 Å². The molecular weight excluding hydrogens is 319 g/mol. The third-order valence-electron chi connectivity index (χ3n) is 2.02. The molecule has 3 nitrogen and oxygen atoms in total. The average Bonchev–Trinajstić information content (AvgIpc) is 2.79. The van der Waals surface area contributed by atoms with Gasteiger partial charge in [-0.2, -0.15) is 0 Å². The maximum Gasteiger partial charge on any atom is 0.149 e. The van der Waals surface area contributed by atoms with Crippen molar-refractivity contribution in [3.05, 3.63) is 44.1 Å². The summed E-state index contributed by atoms with van der Waals surface area (Å²) in [5, 5.41) is 15.0. The molecule has 7 heteroatoms. The molecule has 1 unspecified atom stereocenters. The van der Waals surface area contributed by atoms with E-state index in [-0.39, 0.29) is 10.6 Å². The van der Waals surface area contributed by atoms with Crippen molar-refractivity contribution in [2.75, 3.05) is 0 Å². The number of halogens is 3. The molecule has 0 aliphatic heterocycles. The van der Waals surface area contributed by atoms with Crippen molar-refractivity contribution in [1.82, 2.24) is 9.59 Å². The third kappa shape index (κ3) is 2.10. The van der Waals surface area contributed by atoms with E-state index in [1.165, 1.54) is 6.07 Å². The van der Waals surface area contributed by atoms with E-state index in [0.29, 0.717) is 10.2 Å². The average molecular weight is 324 g/mol. The Bertz CT molecular complexity index is 508. The highest BCUT2D eigenvalue weighted by atomic mass is 79.9. The fourth-order valence-corrected chi connectivity index (χ4v) is 2.15. The van der Waals surface area contributed by atoms with Gasteiger partial charge in [0.1, 0.15) is 17.6 Å². The number of aliphatic hydroxyl groups excluding tert-OH is 1. The van der Waals surface area contributed by atoms with E-state index in [1.54, 1.807) is 11.4 Å². The number of hydrogen-bond donors (Lipinski definition) is 1. The van der Waals surface area contributed by atoms with Gasteiger partial charge in [-0.15, -0.1) is 5.10 Å². The highest BCUT2D eigenvalue weighted by molar-refractivity contribution is 9.10. The van der Waals surface area contributed by atoms with Gasteiger partial charge in [-0.25, -0.2) is 4.39 Å². The van der Waals surface area contributed by atoms with Gasteiger partial charge in [0.15, 0.2) is 0 Å². The van der Waals surface area contributed by atoms with Crippen LogP contribution in [0, 0.1) is 5.82 Å². The van der Waals surface area contributed by atoms with Crippen molar-refractivity contribution in [1.29, 1.82) is 0 Å². The highest BCUT2D eigenvalue weighted by Gasteiger charge is 2.20. The molecule has 16 heavy (non-hydrogen) atoms. The van der Waals surface area contributed by atoms with Crippen LogP contribution < -0.4 is 0 Å². The molecule has 1 heterocycles. The first kappa shape index (κ1) is 11.9. The fourth-order valence-electron chi connectivity index (χ4n) is 1.20.